The van der Waals surface area contributed by atoms with Gasteiger partial charge in [-0.2, -0.15) is 0 Å². The second-order valence-corrected chi connectivity index (χ2v) is 6.01. The third-order valence-electron chi connectivity index (χ3n) is 3.80. The van der Waals surface area contributed by atoms with Crippen LogP contribution in [0.5, 0.6) is 0 Å². The van der Waals surface area contributed by atoms with Crippen molar-refractivity contribution < 1.29 is 0 Å². The second kappa shape index (κ2) is 5.40. The van der Waals surface area contributed by atoms with E-state index in [-0.39, 0.29) is 0 Å². The van der Waals surface area contributed by atoms with Crippen LogP contribution in [0.25, 0.3) is 0 Å². The van der Waals surface area contributed by atoms with Gasteiger partial charge in [-0.15, -0.1) is 0 Å². The standard InChI is InChI=1S/C14H21BrN2/c1-10-4-3-5-11(2)17(10)9-12-6-7-13(15)14(16)8-12/h6-8,10-11H,3-5,9,16H2,1-2H3. The quantitative estimate of drug-likeness (QED) is 0.841. The van der Waals surface area contributed by atoms with Gasteiger partial charge >= 0.3 is 0 Å². The summed E-state index contributed by atoms with van der Waals surface area (Å²) in [6, 6.07) is 7.66. The maximum atomic E-state index is 5.93. The van der Waals surface area contributed by atoms with E-state index in [4.69, 9.17) is 5.73 Å². The first-order chi connectivity index (χ1) is 8.08. The smallest absolute Gasteiger partial charge is 0.0461 e. The number of rotatable bonds is 2. The van der Waals surface area contributed by atoms with E-state index in [9.17, 15) is 0 Å². The molecule has 0 amide bonds. The molecular formula is C14H21BrN2. The largest absolute Gasteiger partial charge is 0.398 e. The van der Waals surface area contributed by atoms with E-state index in [0.29, 0.717) is 12.1 Å². The second-order valence-electron chi connectivity index (χ2n) is 5.16. The number of anilines is 1. The predicted octanol–water partition coefficient (Wildman–Crippen LogP) is 3.79. The third-order valence-corrected chi connectivity index (χ3v) is 4.52. The molecule has 1 heterocycles. The van der Waals surface area contributed by atoms with Crippen molar-refractivity contribution >= 4 is 21.6 Å². The molecule has 94 valence electrons. The van der Waals surface area contributed by atoms with Crippen LogP contribution in [0.2, 0.25) is 0 Å². The molecular weight excluding hydrogens is 276 g/mol. The van der Waals surface area contributed by atoms with Crippen LogP contribution < -0.4 is 5.73 Å². The van der Waals surface area contributed by atoms with Gasteiger partial charge < -0.3 is 5.73 Å². The van der Waals surface area contributed by atoms with Crippen LogP contribution in [-0.4, -0.2) is 17.0 Å². The Morgan fingerprint density at radius 2 is 1.94 bits per heavy atom. The van der Waals surface area contributed by atoms with Crippen LogP contribution in [0, 0.1) is 0 Å². The van der Waals surface area contributed by atoms with E-state index in [2.05, 4.69) is 46.8 Å². The minimum Gasteiger partial charge on any atom is -0.398 e. The zero-order valence-electron chi connectivity index (χ0n) is 10.6. The monoisotopic (exact) mass is 296 g/mol. The third kappa shape index (κ3) is 3.02. The summed E-state index contributed by atoms with van der Waals surface area (Å²) >= 11 is 3.44. The van der Waals surface area contributed by atoms with E-state index < -0.39 is 0 Å². The number of nitrogens with two attached hydrogens (primary N) is 1. The molecule has 0 spiro atoms. The summed E-state index contributed by atoms with van der Waals surface area (Å²) in [7, 11) is 0. The number of likely N-dealkylation sites (tertiary alicyclic amines) is 1. The Balaban J connectivity index is 2.10. The molecule has 0 bridgehead atoms. The van der Waals surface area contributed by atoms with Crippen molar-refractivity contribution in [3.8, 4) is 0 Å². The number of halogens is 1. The van der Waals surface area contributed by atoms with Gasteiger partial charge in [0.25, 0.3) is 0 Å². The highest BCUT2D eigenvalue weighted by Gasteiger charge is 2.24. The highest BCUT2D eigenvalue weighted by molar-refractivity contribution is 9.10. The molecule has 1 aliphatic heterocycles. The van der Waals surface area contributed by atoms with Crippen LogP contribution in [-0.2, 0) is 6.54 Å². The summed E-state index contributed by atoms with van der Waals surface area (Å²) in [4.78, 5) is 2.59. The van der Waals surface area contributed by atoms with Gasteiger partial charge in [0, 0.05) is 28.8 Å². The van der Waals surface area contributed by atoms with Crippen molar-refractivity contribution in [2.75, 3.05) is 5.73 Å². The Morgan fingerprint density at radius 3 is 2.53 bits per heavy atom. The van der Waals surface area contributed by atoms with Gasteiger partial charge in [0.1, 0.15) is 0 Å². The first kappa shape index (κ1) is 12.9. The van der Waals surface area contributed by atoms with Crippen LogP contribution in [0.1, 0.15) is 38.7 Å². The molecule has 1 fully saturated rings. The molecule has 3 heteroatoms. The molecule has 0 radical (unpaired) electrons. The van der Waals surface area contributed by atoms with Crippen LogP contribution in [0.3, 0.4) is 0 Å². The Hall–Kier alpha value is -0.540. The Morgan fingerprint density at radius 1 is 1.29 bits per heavy atom. The van der Waals surface area contributed by atoms with Crippen molar-refractivity contribution in [3.05, 3.63) is 28.2 Å². The normalized spacial score (nSPS) is 26.1. The first-order valence-electron chi connectivity index (χ1n) is 6.37. The molecule has 2 atom stereocenters. The number of nitrogens with zero attached hydrogens (tertiary/aromatic N) is 1. The van der Waals surface area contributed by atoms with E-state index in [1.807, 2.05) is 6.07 Å². The van der Waals surface area contributed by atoms with E-state index in [1.165, 1.54) is 24.8 Å². The molecule has 2 nitrogen and oxygen atoms in total. The van der Waals surface area contributed by atoms with Crippen molar-refractivity contribution in [1.29, 1.82) is 0 Å². The fourth-order valence-electron chi connectivity index (χ4n) is 2.69. The van der Waals surface area contributed by atoms with Crippen LogP contribution >= 0.6 is 15.9 Å². The average molecular weight is 297 g/mol. The summed E-state index contributed by atoms with van der Waals surface area (Å²) in [6.45, 7) is 5.68. The Labute approximate surface area is 112 Å². The maximum Gasteiger partial charge on any atom is 0.0461 e. The maximum absolute atomic E-state index is 5.93. The molecule has 1 aliphatic rings. The lowest BCUT2D eigenvalue weighted by atomic mass is 9.97. The lowest BCUT2D eigenvalue weighted by Crippen LogP contribution is -2.42. The zero-order chi connectivity index (χ0) is 12.4. The van der Waals surface area contributed by atoms with Crippen molar-refractivity contribution in [2.24, 2.45) is 0 Å². The number of nitrogen functional groups attached to an aromatic ring is 1. The number of hydrogen-bond donors (Lipinski definition) is 1. The lowest BCUT2D eigenvalue weighted by Gasteiger charge is -2.39. The highest BCUT2D eigenvalue weighted by Crippen LogP contribution is 2.26. The summed E-state index contributed by atoms with van der Waals surface area (Å²) in [5.74, 6) is 0. The fraction of sp³-hybridized carbons (Fsp3) is 0.571. The van der Waals surface area contributed by atoms with E-state index in [1.54, 1.807) is 0 Å². The molecule has 1 aromatic carbocycles. The summed E-state index contributed by atoms with van der Waals surface area (Å²) in [5, 5.41) is 0. The van der Waals surface area contributed by atoms with Gasteiger partial charge in [0.05, 0.1) is 0 Å². The fourth-order valence-corrected chi connectivity index (χ4v) is 2.94. The summed E-state index contributed by atoms with van der Waals surface area (Å²) < 4.78 is 0.987. The van der Waals surface area contributed by atoms with Gasteiger partial charge in [-0.1, -0.05) is 12.5 Å². The molecule has 0 aliphatic carbocycles. The Bertz CT molecular complexity index is 382. The van der Waals surface area contributed by atoms with E-state index in [0.717, 1.165) is 16.7 Å². The highest BCUT2D eigenvalue weighted by atomic mass is 79.9. The SMILES string of the molecule is CC1CCCC(C)N1Cc1ccc(Br)c(N)c1. The zero-order valence-corrected chi connectivity index (χ0v) is 12.2. The van der Waals surface area contributed by atoms with Crippen molar-refractivity contribution in [3.63, 3.8) is 0 Å². The minimum atomic E-state index is 0.684. The molecule has 1 aromatic rings. The average Bonchev–Trinajstić information content (AvgIpc) is 2.28. The van der Waals surface area contributed by atoms with Gasteiger partial charge in [-0.25, -0.2) is 0 Å². The summed E-state index contributed by atoms with van der Waals surface area (Å²) in [5.41, 5.74) is 8.07. The van der Waals surface area contributed by atoms with Crippen molar-refractivity contribution in [1.82, 2.24) is 4.90 Å². The minimum absolute atomic E-state index is 0.684. The first-order valence-corrected chi connectivity index (χ1v) is 7.17. The van der Waals surface area contributed by atoms with Crippen LogP contribution in [0.15, 0.2) is 22.7 Å². The molecule has 2 N–H and O–H groups in total. The van der Waals surface area contributed by atoms with Gasteiger partial charge in [-0.05, 0) is 60.3 Å². The van der Waals surface area contributed by atoms with Crippen LogP contribution in [0.4, 0.5) is 5.69 Å². The van der Waals surface area contributed by atoms with Gasteiger partial charge in [0.2, 0.25) is 0 Å². The number of piperidine rings is 1. The molecule has 17 heavy (non-hydrogen) atoms. The topological polar surface area (TPSA) is 29.3 Å². The van der Waals surface area contributed by atoms with Gasteiger partial charge in [-0.3, -0.25) is 4.90 Å². The molecule has 0 saturated carbocycles. The lowest BCUT2D eigenvalue weighted by molar-refractivity contribution is 0.0953. The summed E-state index contributed by atoms with van der Waals surface area (Å²) in [6.07, 6.45) is 3.99. The molecule has 1 saturated heterocycles. The van der Waals surface area contributed by atoms with Gasteiger partial charge in [0.15, 0.2) is 0 Å². The Kier molecular flexibility index (Phi) is 4.10. The molecule has 0 aromatic heterocycles. The van der Waals surface area contributed by atoms with E-state index >= 15 is 0 Å². The molecule has 2 rings (SSSR count). The number of benzene rings is 1. The predicted molar refractivity (Wildman–Crippen MR) is 76.9 cm³/mol. The van der Waals surface area contributed by atoms with Crippen molar-refractivity contribution in [2.45, 2.75) is 51.7 Å². The number of hydrogen-bond acceptors (Lipinski definition) is 2. The molecule has 2 unspecified atom stereocenters.